The highest BCUT2D eigenvalue weighted by Gasteiger charge is 2.32. The van der Waals surface area contributed by atoms with Crippen LogP contribution in [0.4, 0.5) is 4.79 Å². The SMILES string of the molecule is CCOC(=O)NC(=O)C[NH+]1CCN(S(=O)(=O)c2cc(C)ccc2C)CC1. The maximum atomic E-state index is 12.9. The molecule has 1 heterocycles. The normalized spacial score (nSPS) is 16.3. The van der Waals surface area contributed by atoms with E-state index in [0.717, 1.165) is 16.0 Å². The number of carbonyl (C=O) groups is 2. The minimum Gasteiger partial charge on any atom is -0.450 e. The van der Waals surface area contributed by atoms with E-state index in [-0.39, 0.29) is 13.2 Å². The Morgan fingerprint density at radius 3 is 2.50 bits per heavy atom. The summed E-state index contributed by atoms with van der Waals surface area (Å²) in [5, 5.41) is 2.16. The third-order valence-electron chi connectivity index (χ3n) is 4.32. The van der Waals surface area contributed by atoms with E-state index in [2.05, 4.69) is 10.1 Å². The van der Waals surface area contributed by atoms with E-state index >= 15 is 0 Å². The Bertz CT molecular complexity index is 771. The van der Waals surface area contributed by atoms with Crippen LogP contribution in [0, 0.1) is 13.8 Å². The molecule has 0 saturated carbocycles. The molecule has 0 aliphatic carbocycles. The molecule has 9 heteroatoms. The number of hydrogen-bond donors (Lipinski definition) is 2. The predicted octanol–water partition coefficient (Wildman–Crippen LogP) is -0.535. The van der Waals surface area contributed by atoms with Crippen molar-refractivity contribution in [2.24, 2.45) is 0 Å². The fourth-order valence-electron chi connectivity index (χ4n) is 2.90. The lowest BCUT2D eigenvalue weighted by Gasteiger charge is -2.31. The van der Waals surface area contributed by atoms with Crippen molar-refractivity contribution in [3.05, 3.63) is 29.3 Å². The minimum atomic E-state index is -3.55. The number of piperazine rings is 1. The van der Waals surface area contributed by atoms with Crippen LogP contribution >= 0.6 is 0 Å². The number of alkyl carbamates (subject to hydrolysis) is 1. The van der Waals surface area contributed by atoms with Gasteiger partial charge in [-0.3, -0.25) is 10.1 Å². The van der Waals surface area contributed by atoms with Gasteiger partial charge in [-0.1, -0.05) is 12.1 Å². The lowest BCUT2D eigenvalue weighted by Crippen LogP contribution is -3.15. The summed E-state index contributed by atoms with van der Waals surface area (Å²) in [6, 6.07) is 5.39. The molecule has 2 amide bonds. The van der Waals surface area contributed by atoms with Gasteiger partial charge in [-0.05, 0) is 38.0 Å². The Hall–Kier alpha value is -1.97. The van der Waals surface area contributed by atoms with Crippen LogP contribution in [0.3, 0.4) is 0 Å². The number of sulfonamides is 1. The van der Waals surface area contributed by atoms with Crippen LogP contribution in [0.25, 0.3) is 0 Å². The Labute approximate surface area is 154 Å². The maximum absolute atomic E-state index is 12.9. The summed E-state index contributed by atoms with van der Waals surface area (Å²) in [5.74, 6) is -0.427. The Morgan fingerprint density at radius 2 is 1.88 bits per heavy atom. The van der Waals surface area contributed by atoms with Crippen LogP contribution in [-0.4, -0.2) is 64.1 Å². The van der Waals surface area contributed by atoms with Crippen LogP contribution in [0.5, 0.6) is 0 Å². The summed E-state index contributed by atoms with van der Waals surface area (Å²) in [6.07, 6.45) is -0.756. The Kier molecular flexibility index (Phi) is 6.74. The van der Waals surface area contributed by atoms with E-state index in [9.17, 15) is 18.0 Å². The zero-order valence-corrected chi connectivity index (χ0v) is 16.2. The second-order valence-corrected chi connectivity index (χ2v) is 8.27. The molecule has 1 saturated heterocycles. The highest BCUT2D eigenvalue weighted by Crippen LogP contribution is 2.21. The molecule has 0 radical (unpaired) electrons. The van der Waals surface area contributed by atoms with Crippen molar-refractivity contribution in [3.63, 3.8) is 0 Å². The van der Waals surface area contributed by atoms with Gasteiger partial charge in [-0.25, -0.2) is 13.2 Å². The average molecular weight is 384 g/mol. The quantitative estimate of drug-likeness (QED) is 0.711. The number of carbonyl (C=O) groups excluding carboxylic acids is 2. The van der Waals surface area contributed by atoms with E-state index in [1.807, 2.05) is 19.1 Å². The molecule has 1 aliphatic rings. The first kappa shape index (κ1) is 20.3. The number of ether oxygens (including phenoxy) is 1. The van der Waals surface area contributed by atoms with Gasteiger partial charge in [0.2, 0.25) is 10.0 Å². The van der Waals surface area contributed by atoms with Gasteiger partial charge in [-0.15, -0.1) is 0 Å². The van der Waals surface area contributed by atoms with Crippen LogP contribution in [-0.2, 0) is 19.6 Å². The zero-order chi connectivity index (χ0) is 19.3. The number of nitrogens with zero attached hydrogens (tertiary/aromatic N) is 1. The molecule has 1 aromatic rings. The van der Waals surface area contributed by atoms with Gasteiger partial charge < -0.3 is 9.64 Å². The van der Waals surface area contributed by atoms with Gasteiger partial charge in [0.15, 0.2) is 6.54 Å². The number of amides is 2. The highest BCUT2D eigenvalue weighted by atomic mass is 32.2. The fraction of sp³-hybridized carbons (Fsp3) is 0.529. The third kappa shape index (κ3) is 5.03. The molecule has 0 unspecified atom stereocenters. The summed E-state index contributed by atoms with van der Waals surface area (Å²) in [5.41, 5.74) is 1.62. The number of nitrogens with one attached hydrogen (secondary N) is 2. The van der Waals surface area contributed by atoms with Gasteiger partial charge in [0.1, 0.15) is 0 Å². The van der Waals surface area contributed by atoms with Crippen LogP contribution in [0.1, 0.15) is 18.1 Å². The molecule has 2 N–H and O–H groups in total. The average Bonchev–Trinajstić information content (AvgIpc) is 2.57. The summed E-state index contributed by atoms with van der Waals surface area (Å²) in [7, 11) is -3.55. The Morgan fingerprint density at radius 1 is 1.23 bits per heavy atom. The second-order valence-electron chi connectivity index (χ2n) is 6.37. The molecule has 0 aromatic heterocycles. The molecular weight excluding hydrogens is 358 g/mol. The molecule has 1 aliphatic heterocycles. The number of benzene rings is 1. The van der Waals surface area contributed by atoms with Crippen LogP contribution in [0.15, 0.2) is 23.1 Å². The largest absolute Gasteiger partial charge is 0.450 e. The van der Waals surface area contributed by atoms with Crippen LogP contribution in [0.2, 0.25) is 0 Å². The number of aryl methyl sites for hydroxylation is 2. The number of hydrogen-bond acceptors (Lipinski definition) is 5. The zero-order valence-electron chi connectivity index (χ0n) is 15.4. The van der Waals surface area contributed by atoms with E-state index < -0.39 is 22.0 Å². The summed E-state index contributed by atoms with van der Waals surface area (Å²) in [4.78, 5) is 24.3. The maximum Gasteiger partial charge on any atom is 0.414 e. The number of quaternary nitrogens is 1. The van der Waals surface area contributed by atoms with Crippen molar-refractivity contribution in [2.75, 3.05) is 39.3 Å². The first-order valence-corrected chi connectivity index (χ1v) is 10.1. The monoisotopic (exact) mass is 384 g/mol. The number of rotatable bonds is 5. The van der Waals surface area contributed by atoms with Crippen molar-refractivity contribution < 1.29 is 27.6 Å². The molecule has 0 bridgehead atoms. The molecule has 26 heavy (non-hydrogen) atoms. The van der Waals surface area contributed by atoms with Crippen molar-refractivity contribution >= 4 is 22.0 Å². The van der Waals surface area contributed by atoms with Gasteiger partial charge in [-0.2, -0.15) is 4.31 Å². The van der Waals surface area contributed by atoms with E-state index in [0.29, 0.717) is 31.1 Å². The van der Waals surface area contributed by atoms with Gasteiger partial charge in [0.05, 0.1) is 37.7 Å². The molecule has 2 rings (SSSR count). The van der Waals surface area contributed by atoms with Gasteiger partial charge in [0, 0.05) is 0 Å². The first-order valence-electron chi connectivity index (χ1n) is 8.61. The second kappa shape index (κ2) is 8.61. The lowest BCUT2D eigenvalue weighted by atomic mass is 10.2. The topological polar surface area (TPSA) is 97.2 Å². The van der Waals surface area contributed by atoms with Crippen molar-refractivity contribution in [3.8, 4) is 0 Å². The number of imide groups is 1. The highest BCUT2D eigenvalue weighted by molar-refractivity contribution is 7.89. The fourth-order valence-corrected chi connectivity index (χ4v) is 4.65. The van der Waals surface area contributed by atoms with Crippen molar-refractivity contribution in [1.82, 2.24) is 9.62 Å². The molecule has 0 atom stereocenters. The van der Waals surface area contributed by atoms with E-state index in [1.54, 1.807) is 19.9 Å². The molecule has 1 fully saturated rings. The summed E-state index contributed by atoms with van der Waals surface area (Å²) < 4.78 is 31.9. The molecule has 144 valence electrons. The van der Waals surface area contributed by atoms with Crippen LogP contribution < -0.4 is 10.2 Å². The summed E-state index contributed by atoms with van der Waals surface area (Å²) >= 11 is 0. The van der Waals surface area contributed by atoms with E-state index in [4.69, 9.17) is 0 Å². The minimum absolute atomic E-state index is 0.107. The lowest BCUT2D eigenvalue weighted by molar-refractivity contribution is -0.895. The smallest absolute Gasteiger partial charge is 0.414 e. The van der Waals surface area contributed by atoms with Gasteiger partial charge in [0.25, 0.3) is 5.91 Å². The van der Waals surface area contributed by atoms with Gasteiger partial charge >= 0.3 is 6.09 Å². The third-order valence-corrected chi connectivity index (χ3v) is 6.36. The van der Waals surface area contributed by atoms with E-state index in [1.165, 1.54) is 4.31 Å². The Balaban J connectivity index is 1.94. The molecule has 8 nitrogen and oxygen atoms in total. The summed E-state index contributed by atoms with van der Waals surface area (Å²) in [6.45, 7) is 7.27. The standard InChI is InChI=1S/C17H25N3O5S/c1-4-25-17(22)18-16(21)12-19-7-9-20(10-8-19)26(23,24)15-11-13(2)5-6-14(15)3/h5-6,11H,4,7-10,12H2,1-3H3,(H,18,21,22)/p+1. The van der Waals surface area contributed by atoms with Crippen molar-refractivity contribution in [1.29, 1.82) is 0 Å². The molecular formula is C17H26N3O5S+. The molecule has 0 spiro atoms. The van der Waals surface area contributed by atoms with Crippen molar-refractivity contribution in [2.45, 2.75) is 25.7 Å². The molecule has 1 aromatic carbocycles. The first-order chi connectivity index (χ1) is 12.2. The predicted molar refractivity (Wildman–Crippen MR) is 95.4 cm³/mol.